The van der Waals surface area contributed by atoms with Crippen LogP contribution in [0.1, 0.15) is 55.4 Å². The summed E-state index contributed by atoms with van der Waals surface area (Å²) in [5.41, 5.74) is 1.00. The second kappa shape index (κ2) is 19.8. The Morgan fingerprint density at radius 1 is 0.467 bits per heavy atom. The second-order valence-corrected chi connectivity index (χ2v) is 6.00. The van der Waals surface area contributed by atoms with Gasteiger partial charge in [-0.25, -0.2) is 0 Å². The molecule has 0 bridgehead atoms. The molecule has 0 saturated carbocycles. The Balaban J connectivity index is -0.0000000318. The molecule has 0 nitrogen and oxygen atoms in total. The van der Waals surface area contributed by atoms with Crippen molar-refractivity contribution >= 4 is 0 Å². The number of rotatable bonds is 0. The molecule has 0 atom stereocenters. The molecule has 0 amide bonds. The zero-order valence-corrected chi connectivity index (χ0v) is 25.7. The third-order valence-electron chi connectivity index (χ3n) is 0. The van der Waals surface area contributed by atoms with Gasteiger partial charge in [-0.1, -0.05) is 55.4 Å². The Bertz CT molecular complexity index is 75.4. The average Bonchev–Trinajstić information content (AvgIpc) is 1.88. The van der Waals surface area contributed by atoms with Gasteiger partial charge >= 0.3 is 64.9 Å². The summed E-state index contributed by atoms with van der Waals surface area (Å²) < 4.78 is 0. The van der Waals surface area contributed by atoms with Gasteiger partial charge in [-0.3, -0.25) is 0 Å². The van der Waals surface area contributed by atoms with Gasteiger partial charge in [0, 0.05) is 21.1 Å². The molecule has 0 aliphatic heterocycles. The minimum absolute atomic E-state index is 0. The SMILES string of the molecule is CC(C)(C)C.CC(C)(C)C.[W].[W]=[W].[W]=[W]. The first kappa shape index (κ1) is 31.1. The van der Waals surface area contributed by atoms with Crippen LogP contribution in [0.3, 0.4) is 0 Å². The van der Waals surface area contributed by atoms with E-state index in [4.69, 9.17) is 0 Å². The molecule has 0 saturated heterocycles. The summed E-state index contributed by atoms with van der Waals surface area (Å²) in [4.78, 5) is 0. The standard InChI is InChI=1S/2C5H12.5W/c2*1-5(2,3)4;;;;;/h2*1-4H3;;;;;. The molecule has 0 aliphatic carbocycles. The molecule has 0 N–H and O–H groups in total. The summed E-state index contributed by atoms with van der Waals surface area (Å²) in [6.07, 6.45) is 0. The van der Waals surface area contributed by atoms with E-state index in [-0.39, 0.29) is 21.1 Å². The van der Waals surface area contributed by atoms with E-state index in [2.05, 4.69) is 55.4 Å². The second-order valence-electron chi connectivity index (χ2n) is 6.00. The van der Waals surface area contributed by atoms with Crippen LogP contribution in [-0.2, 0) is 86.0 Å². The fourth-order valence-electron chi connectivity index (χ4n) is 0. The zero-order chi connectivity index (χ0) is 13.0. The zero-order valence-electron chi connectivity index (χ0n) is 11.0. The van der Waals surface area contributed by atoms with Crippen LogP contribution >= 0.6 is 0 Å². The van der Waals surface area contributed by atoms with Gasteiger partial charge in [0.15, 0.2) is 0 Å². The third-order valence-corrected chi connectivity index (χ3v) is 0. The Morgan fingerprint density at radius 3 is 0.467 bits per heavy atom. The van der Waals surface area contributed by atoms with E-state index in [1.807, 2.05) is 0 Å². The van der Waals surface area contributed by atoms with Crippen molar-refractivity contribution in [3.63, 3.8) is 0 Å². The molecule has 0 aromatic rings. The van der Waals surface area contributed by atoms with Crippen LogP contribution in [0, 0.1) is 10.8 Å². The number of hydrogen-bond donors (Lipinski definition) is 0. The van der Waals surface area contributed by atoms with Gasteiger partial charge in [0.1, 0.15) is 0 Å². The summed E-state index contributed by atoms with van der Waals surface area (Å²) in [5.74, 6) is 0. The fourth-order valence-corrected chi connectivity index (χ4v) is 0. The maximum atomic E-state index is 2.19. The van der Waals surface area contributed by atoms with Crippen LogP contribution in [0.25, 0.3) is 0 Å². The molecule has 0 fully saturated rings. The van der Waals surface area contributed by atoms with Gasteiger partial charge in [-0.2, -0.15) is 0 Å². The van der Waals surface area contributed by atoms with Gasteiger partial charge in [-0.15, -0.1) is 0 Å². The molecular formula is C10H24W5. The van der Waals surface area contributed by atoms with E-state index in [1.54, 1.807) is 64.9 Å². The Hall–Kier alpha value is 3.44. The van der Waals surface area contributed by atoms with Gasteiger partial charge in [0.05, 0.1) is 0 Å². The van der Waals surface area contributed by atoms with Crippen LogP contribution in [0.15, 0.2) is 0 Å². The molecule has 0 aromatic carbocycles. The van der Waals surface area contributed by atoms with E-state index < -0.39 is 0 Å². The Labute approximate surface area is 150 Å². The molecule has 15 heavy (non-hydrogen) atoms. The van der Waals surface area contributed by atoms with Crippen molar-refractivity contribution < 1.29 is 86.0 Å². The van der Waals surface area contributed by atoms with E-state index in [0.717, 1.165) is 0 Å². The first-order valence-electron chi connectivity index (χ1n) is 4.33. The molecule has 0 aliphatic rings. The van der Waals surface area contributed by atoms with Crippen molar-refractivity contribution in [1.29, 1.82) is 0 Å². The van der Waals surface area contributed by atoms with Crippen LogP contribution in [0.5, 0.6) is 0 Å². The molecule has 0 unspecified atom stereocenters. The van der Waals surface area contributed by atoms with Crippen LogP contribution in [0.2, 0.25) is 0 Å². The van der Waals surface area contributed by atoms with E-state index in [9.17, 15) is 0 Å². The maximum absolute atomic E-state index is 2.19. The molecule has 0 heterocycles. The van der Waals surface area contributed by atoms with Gasteiger partial charge in [0.25, 0.3) is 0 Å². The Kier molecular flexibility index (Phi) is 40.9. The van der Waals surface area contributed by atoms with E-state index >= 15 is 0 Å². The minimum atomic E-state index is 0. The van der Waals surface area contributed by atoms with Crippen molar-refractivity contribution in [1.82, 2.24) is 0 Å². The molecule has 5 heteroatoms. The summed E-state index contributed by atoms with van der Waals surface area (Å²) >= 11 is 6.67. The quantitative estimate of drug-likeness (QED) is 0.344. The summed E-state index contributed by atoms with van der Waals surface area (Å²) in [6, 6.07) is 0. The molecule has 0 spiro atoms. The molecule has 0 rings (SSSR count). The van der Waals surface area contributed by atoms with Crippen molar-refractivity contribution in [2.75, 3.05) is 0 Å². The van der Waals surface area contributed by atoms with Gasteiger partial charge < -0.3 is 0 Å². The molecule has 94 valence electrons. The van der Waals surface area contributed by atoms with Crippen molar-refractivity contribution in [3.8, 4) is 0 Å². The van der Waals surface area contributed by atoms with Crippen LogP contribution in [-0.4, -0.2) is 0 Å². The molecule has 0 aromatic heterocycles. The van der Waals surface area contributed by atoms with Gasteiger partial charge in [-0.05, 0) is 10.8 Å². The molecule has 0 radical (unpaired) electrons. The van der Waals surface area contributed by atoms with Crippen LogP contribution in [0.4, 0.5) is 0 Å². The van der Waals surface area contributed by atoms with Crippen LogP contribution < -0.4 is 0 Å². The van der Waals surface area contributed by atoms with E-state index in [0.29, 0.717) is 10.8 Å². The molecular weight excluding hydrogens is 1040 g/mol. The monoisotopic (exact) mass is 1060 g/mol. The Morgan fingerprint density at radius 2 is 0.467 bits per heavy atom. The summed E-state index contributed by atoms with van der Waals surface area (Å²) in [6.45, 7) is 17.5. The third kappa shape index (κ3) is 351. The first-order chi connectivity index (χ1) is 6.00. The van der Waals surface area contributed by atoms with Crippen molar-refractivity contribution in [2.24, 2.45) is 10.8 Å². The average molecular weight is 1060 g/mol. The summed E-state index contributed by atoms with van der Waals surface area (Å²) in [7, 11) is 0. The first-order valence-corrected chi connectivity index (χ1v) is 26.3. The normalized spacial score (nSPS) is 8.53. The van der Waals surface area contributed by atoms with Crippen molar-refractivity contribution in [2.45, 2.75) is 55.4 Å². The topological polar surface area (TPSA) is 0 Å². The number of hydrogen-bond acceptors (Lipinski definition) is 0. The fraction of sp³-hybridized carbons (Fsp3) is 1.00. The van der Waals surface area contributed by atoms with Crippen molar-refractivity contribution in [3.05, 3.63) is 0 Å². The predicted molar refractivity (Wildman–Crippen MR) is 50.3 cm³/mol. The predicted octanol–water partition coefficient (Wildman–Crippen LogP) is 4.09. The summed E-state index contributed by atoms with van der Waals surface area (Å²) in [5, 5.41) is 0. The van der Waals surface area contributed by atoms with E-state index in [1.165, 1.54) is 0 Å². The van der Waals surface area contributed by atoms with Gasteiger partial charge in [0.2, 0.25) is 0 Å².